The van der Waals surface area contributed by atoms with E-state index in [0.29, 0.717) is 5.56 Å². The number of nitrogens with zero attached hydrogens (tertiary/aromatic N) is 1. The lowest BCUT2D eigenvalue weighted by molar-refractivity contribution is 0.439. The lowest BCUT2D eigenvalue weighted by atomic mass is 10.0. The van der Waals surface area contributed by atoms with Crippen molar-refractivity contribution in [2.45, 2.75) is 39.7 Å². The predicted octanol–water partition coefficient (Wildman–Crippen LogP) is 2.26. The van der Waals surface area contributed by atoms with Gasteiger partial charge >= 0.3 is 0 Å². The molecule has 0 spiro atoms. The molecule has 0 amide bonds. The van der Waals surface area contributed by atoms with E-state index in [1.807, 2.05) is 27.7 Å². The molecule has 0 unspecified atom stereocenters. The van der Waals surface area contributed by atoms with Gasteiger partial charge in [0.1, 0.15) is 0 Å². The first-order valence-electron chi connectivity index (χ1n) is 4.89. The van der Waals surface area contributed by atoms with Gasteiger partial charge in [-0.25, -0.2) is 0 Å². The highest BCUT2D eigenvalue weighted by Gasteiger charge is 2.12. The van der Waals surface area contributed by atoms with Gasteiger partial charge in [0.2, 0.25) is 0 Å². The predicted molar refractivity (Wildman–Crippen MR) is 56.8 cm³/mol. The summed E-state index contributed by atoms with van der Waals surface area (Å²) in [6, 6.07) is 1.89. The maximum absolute atomic E-state index is 11.6. The maximum Gasteiger partial charge on any atom is 0.293 e. The molecule has 3 nitrogen and oxygen atoms in total. The molecule has 0 aromatic carbocycles. The molecule has 0 aliphatic rings. The van der Waals surface area contributed by atoms with Gasteiger partial charge in [-0.15, -0.1) is 0 Å². The Morgan fingerprint density at radius 2 is 1.86 bits per heavy atom. The zero-order chi connectivity index (χ0) is 10.9. The van der Waals surface area contributed by atoms with Crippen molar-refractivity contribution >= 4 is 0 Å². The number of aromatic nitrogens is 1. The van der Waals surface area contributed by atoms with Gasteiger partial charge in [0.05, 0.1) is 0 Å². The number of hydrogen-bond donors (Lipinski definition) is 1. The molecule has 3 heteroatoms. The van der Waals surface area contributed by atoms with Crippen LogP contribution in [0, 0.1) is 0 Å². The fourth-order valence-electron chi connectivity index (χ4n) is 1.43. The van der Waals surface area contributed by atoms with E-state index in [9.17, 15) is 9.90 Å². The lowest BCUT2D eigenvalue weighted by Crippen LogP contribution is -2.21. The van der Waals surface area contributed by atoms with Crippen LogP contribution in [0.5, 0.6) is 5.75 Å². The standard InChI is InChI=1S/C11H17NO2/c1-7(2)9-5-6-12(8(3)4)11(14)10(9)13/h5-8,13H,1-4H3. The van der Waals surface area contributed by atoms with Gasteiger partial charge in [0.15, 0.2) is 5.75 Å². The summed E-state index contributed by atoms with van der Waals surface area (Å²) >= 11 is 0. The summed E-state index contributed by atoms with van der Waals surface area (Å²) < 4.78 is 1.53. The van der Waals surface area contributed by atoms with E-state index >= 15 is 0 Å². The molecular weight excluding hydrogens is 178 g/mol. The minimum atomic E-state index is -0.300. The molecule has 0 aliphatic heterocycles. The highest BCUT2D eigenvalue weighted by molar-refractivity contribution is 5.31. The molecule has 0 saturated heterocycles. The zero-order valence-corrected chi connectivity index (χ0v) is 9.11. The van der Waals surface area contributed by atoms with Crippen molar-refractivity contribution in [3.63, 3.8) is 0 Å². The van der Waals surface area contributed by atoms with Crippen molar-refractivity contribution in [1.29, 1.82) is 0 Å². The minimum absolute atomic E-state index is 0.0783. The summed E-state index contributed by atoms with van der Waals surface area (Å²) in [5, 5.41) is 9.66. The van der Waals surface area contributed by atoms with Gasteiger partial charge in [-0.3, -0.25) is 4.79 Å². The van der Waals surface area contributed by atoms with E-state index in [1.54, 1.807) is 12.3 Å². The summed E-state index contributed by atoms with van der Waals surface area (Å²) in [6.07, 6.45) is 1.74. The van der Waals surface area contributed by atoms with Crippen LogP contribution in [0.3, 0.4) is 0 Å². The van der Waals surface area contributed by atoms with Gasteiger partial charge in [0.25, 0.3) is 5.56 Å². The van der Waals surface area contributed by atoms with Gasteiger partial charge in [-0.1, -0.05) is 13.8 Å². The molecule has 1 rings (SSSR count). The van der Waals surface area contributed by atoms with Crippen LogP contribution in [0.25, 0.3) is 0 Å². The van der Waals surface area contributed by atoms with Gasteiger partial charge in [0, 0.05) is 17.8 Å². The number of pyridine rings is 1. The third-order valence-corrected chi connectivity index (χ3v) is 2.30. The minimum Gasteiger partial charge on any atom is -0.503 e. The summed E-state index contributed by atoms with van der Waals surface area (Å²) in [5.41, 5.74) is 0.415. The SMILES string of the molecule is CC(C)c1ccn(C(C)C)c(=O)c1O. The summed E-state index contributed by atoms with van der Waals surface area (Å²) in [6.45, 7) is 7.73. The molecule has 0 bridgehead atoms. The van der Waals surface area contributed by atoms with Crippen molar-refractivity contribution in [3.05, 3.63) is 28.2 Å². The third kappa shape index (κ3) is 1.81. The Morgan fingerprint density at radius 3 is 2.29 bits per heavy atom. The smallest absolute Gasteiger partial charge is 0.293 e. The van der Waals surface area contributed by atoms with E-state index in [-0.39, 0.29) is 23.3 Å². The van der Waals surface area contributed by atoms with Crippen molar-refractivity contribution in [2.75, 3.05) is 0 Å². The fourth-order valence-corrected chi connectivity index (χ4v) is 1.43. The summed E-state index contributed by atoms with van der Waals surface area (Å²) in [7, 11) is 0. The van der Waals surface area contributed by atoms with Crippen molar-refractivity contribution < 1.29 is 5.11 Å². The Hall–Kier alpha value is -1.25. The number of hydrogen-bond acceptors (Lipinski definition) is 2. The van der Waals surface area contributed by atoms with Crippen LogP contribution in [-0.4, -0.2) is 9.67 Å². The molecule has 1 aromatic rings. The molecule has 0 radical (unpaired) electrons. The molecule has 1 heterocycles. The molecule has 1 aromatic heterocycles. The van der Waals surface area contributed by atoms with E-state index in [2.05, 4.69) is 0 Å². The van der Waals surface area contributed by atoms with Gasteiger partial charge in [-0.05, 0) is 25.8 Å². The molecule has 0 aliphatic carbocycles. The van der Waals surface area contributed by atoms with Gasteiger partial charge < -0.3 is 9.67 Å². The molecule has 14 heavy (non-hydrogen) atoms. The second-order valence-corrected chi connectivity index (χ2v) is 4.08. The Balaban J connectivity index is 3.34. The zero-order valence-electron chi connectivity index (χ0n) is 9.11. The second-order valence-electron chi connectivity index (χ2n) is 4.08. The van der Waals surface area contributed by atoms with Crippen LogP contribution in [0.1, 0.15) is 45.2 Å². The first kappa shape index (κ1) is 10.8. The Kier molecular flexibility index (Phi) is 2.99. The Bertz CT molecular complexity index is 377. The first-order chi connectivity index (χ1) is 6.45. The maximum atomic E-state index is 11.6. The monoisotopic (exact) mass is 195 g/mol. The lowest BCUT2D eigenvalue weighted by Gasteiger charge is -2.13. The van der Waals surface area contributed by atoms with E-state index in [0.717, 1.165) is 0 Å². The normalized spacial score (nSPS) is 11.3. The first-order valence-corrected chi connectivity index (χ1v) is 4.89. The summed E-state index contributed by atoms with van der Waals surface area (Å²) in [5.74, 6) is 0.0562. The molecule has 0 fully saturated rings. The molecule has 78 valence electrons. The highest BCUT2D eigenvalue weighted by Crippen LogP contribution is 2.21. The van der Waals surface area contributed by atoms with Crippen molar-refractivity contribution in [2.24, 2.45) is 0 Å². The molecular formula is C11H17NO2. The molecule has 0 saturated carbocycles. The molecule has 1 N–H and O–H groups in total. The van der Waals surface area contributed by atoms with Crippen LogP contribution in [0.2, 0.25) is 0 Å². The van der Waals surface area contributed by atoms with E-state index in [1.165, 1.54) is 4.57 Å². The second kappa shape index (κ2) is 3.86. The number of aromatic hydroxyl groups is 1. The number of rotatable bonds is 2. The van der Waals surface area contributed by atoms with Crippen LogP contribution >= 0.6 is 0 Å². The van der Waals surface area contributed by atoms with E-state index in [4.69, 9.17) is 0 Å². The third-order valence-electron chi connectivity index (χ3n) is 2.30. The fraction of sp³-hybridized carbons (Fsp3) is 0.545. The van der Waals surface area contributed by atoms with Crippen LogP contribution < -0.4 is 5.56 Å². The highest BCUT2D eigenvalue weighted by atomic mass is 16.3. The Labute approximate surface area is 84.0 Å². The van der Waals surface area contributed by atoms with Crippen LogP contribution in [0.4, 0.5) is 0 Å². The molecule has 0 atom stereocenters. The van der Waals surface area contributed by atoms with Crippen molar-refractivity contribution in [1.82, 2.24) is 4.57 Å². The summed E-state index contributed by atoms with van der Waals surface area (Å²) in [4.78, 5) is 11.6. The quantitative estimate of drug-likeness (QED) is 0.786. The van der Waals surface area contributed by atoms with Gasteiger partial charge in [-0.2, -0.15) is 0 Å². The average molecular weight is 195 g/mol. The average Bonchev–Trinajstić information content (AvgIpc) is 2.08. The Morgan fingerprint density at radius 1 is 1.29 bits per heavy atom. The van der Waals surface area contributed by atoms with E-state index < -0.39 is 0 Å². The van der Waals surface area contributed by atoms with Crippen molar-refractivity contribution in [3.8, 4) is 5.75 Å². The largest absolute Gasteiger partial charge is 0.503 e. The topological polar surface area (TPSA) is 42.2 Å². The van der Waals surface area contributed by atoms with Crippen LogP contribution in [-0.2, 0) is 0 Å². The van der Waals surface area contributed by atoms with Crippen LogP contribution in [0.15, 0.2) is 17.1 Å².